The van der Waals surface area contributed by atoms with Crippen molar-refractivity contribution in [2.24, 2.45) is 0 Å². The van der Waals surface area contributed by atoms with E-state index in [4.69, 9.17) is 21.1 Å². The van der Waals surface area contributed by atoms with Crippen molar-refractivity contribution in [3.8, 4) is 5.75 Å². The van der Waals surface area contributed by atoms with Crippen LogP contribution in [0.1, 0.15) is 12.8 Å². The average Bonchev–Trinajstić information content (AvgIpc) is 2.93. The molecular formula is C16H22Cl2N2O3. The number of halogens is 2. The zero-order chi connectivity index (χ0) is 15.6. The molecule has 3 rings (SSSR count). The first-order valence-electron chi connectivity index (χ1n) is 7.60. The maximum atomic E-state index is 12.5. The second-order valence-electron chi connectivity index (χ2n) is 5.89. The first-order chi connectivity index (χ1) is 10.6. The van der Waals surface area contributed by atoms with Gasteiger partial charge in [0.15, 0.2) is 6.61 Å². The highest BCUT2D eigenvalue weighted by Crippen LogP contribution is 2.33. The van der Waals surface area contributed by atoms with E-state index in [0.717, 1.165) is 25.9 Å². The van der Waals surface area contributed by atoms with E-state index >= 15 is 0 Å². The number of hydrogen-bond donors (Lipinski definition) is 0. The summed E-state index contributed by atoms with van der Waals surface area (Å²) >= 11 is 5.84. The van der Waals surface area contributed by atoms with Crippen molar-refractivity contribution in [1.29, 1.82) is 0 Å². The molecule has 0 unspecified atom stereocenters. The Balaban J connectivity index is 0.00000192. The Bertz CT molecular complexity index is 531. The monoisotopic (exact) mass is 360 g/mol. The lowest BCUT2D eigenvalue weighted by molar-refractivity contribution is -0.159. The molecular weight excluding hydrogens is 339 g/mol. The van der Waals surface area contributed by atoms with Crippen LogP contribution in [0.5, 0.6) is 5.75 Å². The minimum Gasteiger partial charge on any atom is -0.484 e. The lowest BCUT2D eigenvalue weighted by Crippen LogP contribution is -2.55. The topological polar surface area (TPSA) is 42.0 Å². The quantitative estimate of drug-likeness (QED) is 0.829. The van der Waals surface area contributed by atoms with E-state index in [-0.39, 0.29) is 24.9 Å². The van der Waals surface area contributed by atoms with Gasteiger partial charge in [-0.3, -0.25) is 4.79 Å². The molecule has 0 radical (unpaired) electrons. The smallest absolute Gasteiger partial charge is 0.262 e. The van der Waals surface area contributed by atoms with Gasteiger partial charge in [0.25, 0.3) is 5.91 Å². The molecule has 1 aromatic carbocycles. The van der Waals surface area contributed by atoms with E-state index in [1.54, 1.807) is 24.3 Å². The second-order valence-corrected chi connectivity index (χ2v) is 6.32. The molecule has 2 aliphatic heterocycles. The Kier molecular flexibility index (Phi) is 6.14. The van der Waals surface area contributed by atoms with E-state index in [9.17, 15) is 4.79 Å². The Morgan fingerprint density at radius 3 is 2.57 bits per heavy atom. The second kappa shape index (κ2) is 7.71. The third-order valence-electron chi connectivity index (χ3n) is 4.42. The summed E-state index contributed by atoms with van der Waals surface area (Å²) in [5.74, 6) is 0.632. The van der Waals surface area contributed by atoms with E-state index in [1.165, 1.54) is 0 Å². The predicted molar refractivity (Wildman–Crippen MR) is 91.3 cm³/mol. The fourth-order valence-electron chi connectivity index (χ4n) is 3.10. The van der Waals surface area contributed by atoms with Gasteiger partial charge >= 0.3 is 0 Å². The summed E-state index contributed by atoms with van der Waals surface area (Å²) in [4.78, 5) is 16.6. The number of ether oxygens (including phenoxy) is 2. The summed E-state index contributed by atoms with van der Waals surface area (Å²) in [6.07, 6.45) is 1.71. The van der Waals surface area contributed by atoms with Crippen LogP contribution in [0.4, 0.5) is 0 Å². The first kappa shape index (κ1) is 18.3. The minimum atomic E-state index is -0.424. The fraction of sp³-hybridized carbons (Fsp3) is 0.562. The summed E-state index contributed by atoms with van der Waals surface area (Å²) in [6.45, 7) is 3.18. The molecule has 2 saturated heterocycles. The van der Waals surface area contributed by atoms with Gasteiger partial charge in [-0.25, -0.2) is 0 Å². The maximum Gasteiger partial charge on any atom is 0.262 e. The molecule has 128 valence electrons. The van der Waals surface area contributed by atoms with Crippen LogP contribution in [0.15, 0.2) is 24.3 Å². The molecule has 2 fully saturated rings. The lowest BCUT2D eigenvalue weighted by atomic mass is 9.99. The molecule has 2 heterocycles. The van der Waals surface area contributed by atoms with Crippen LogP contribution < -0.4 is 4.74 Å². The number of likely N-dealkylation sites (tertiary alicyclic amines) is 1. The van der Waals surface area contributed by atoms with Crippen LogP contribution in [0.25, 0.3) is 0 Å². The minimum absolute atomic E-state index is 0. The van der Waals surface area contributed by atoms with Crippen molar-refractivity contribution < 1.29 is 14.3 Å². The van der Waals surface area contributed by atoms with Crippen LogP contribution in [0, 0.1) is 0 Å². The largest absolute Gasteiger partial charge is 0.484 e. The highest BCUT2D eigenvalue weighted by atomic mass is 35.5. The van der Waals surface area contributed by atoms with E-state index in [1.807, 2.05) is 4.90 Å². The van der Waals surface area contributed by atoms with Crippen molar-refractivity contribution in [3.05, 3.63) is 29.3 Å². The van der Waals surface area contributed by atoms with Gasteiger partial charge in [-0.1, -0.05) is 11.6 Å². The van der Waals surface area contributed by atoms with Gasteiger partial charge < -0.3 is 19.3 Å². The molecule has 1 aromatic rings. The van der Waals surface area contributed by atoms with Crippen molar-refractivity contribution >= 4 is 29.9 Å². The normalized spacial score (nSPS) is 20.3. The zero-order valence-electron chi connectivity index (χ0n) is 13.2. The van der Waals surface area contributed by atoms with Gasteiger partial charge in [0.2, 0.25) is 0 Å². The van der Waals surface area contributed by atoms with Gasteiger partial charge in [0.1, 0.15) is 11.5 Å². The highest BCUT2D eigenvalue weighted by Gasteiger charge is 2.46. The Morgan fingerprint density at radius 1 is 1.26 bits per heavy atom. The molecule has 0 bridgehead atoms. The molecule has 0 aromatic heterocycles. The number of hydrogen-bond acceptors (Lipinski definition) is 4. The lowest BCUT2D eigenvalue weighted by Gasteiger charge is -2.42. The van der Waals surface area contributed by atoms with Crippen LogP contribution in [0.3, 0.4) is 0 Å². The molecule has 7 heteroatoms. The molecule has 5 nitrogen and oxygen atoms in total. The highest BCUT2D eigenvalue weighted by molar-refractivity contribution is 6.30. The Hall–Kier alpha value is -1.01. The van der Waals surface area contributed by atoms with Crippen molar-refractivity contribution in [2.75, 3.05) is 39.9 Å². The fourth-order valence-corrected chi connectivity index (χ4v) is 3.22. The van der Waals surface area contributed by atoms with Gasteiger partial charge in [0, 0.05) is 37.5 Å². The summed E-state index contributed by atoms with van der Waals surface area (Å²) in [7, 11) is 2.09. The number of benzene rings is 1. The standard InChI is InChI=1S/C16H21ClN2O3.ClH/c1-18-8-6-16(7-9-18)19(10-11-22-16)15(20)12-21-14-4-2-13(17)3-5-14;/h2-5H,6-12H2,1H3;1H. The Labute approximate surface area is 147 Å². The third-order valence-corrected chi connectivity index (χ3v) is 4.67. The number of amides is 1. The molecule has 0 atom stereocenters. The maximum absolute atomic E-state index is 12.5. The summed E-state index contributed by atoms with van der Waals surface area (Å²) in [5, 5.41) is 0.650. The molecule has 2 aliphatic rings. The van der Waals surface area contributed by atoms with Gasteiger partial charge in [-0.2, -0.15) is 0 Å². The van der Waals surface area contributed by atoms with E-state index < -0.39 is 5.72 Å². The van der Waals surface area contributed by atoms with Crippen molar-refractivity contribution in [2.45, 2.75) is 18.6 Å². The van der Waals surface area contributed by atoms with Crippen LogP contribution in [0.2, 0.25) is 5.02 Å². The van der Waals surface area contributed by atoms with Crippen molar-refractivity contribution in [3.63, 3.8) is 0 Å². The molecule has 1 spiro atoms. The number of nitrogens with zero attached hydrogens (tertiary/aromatic N) is 2. The van der Waals surface area contributed by atoms with Crippen LogP contribution in [-0.4, -0.2) is 61.3 Å². The van der Waals surface area contributed by atoms with E-state index in [0.29, 0.717) is 23.9 Å². The zero-order valence-corrected chi connectivity index (χ0v) is 14.7. The van der Waals surface area contributed by atoms with Gasteiger partial charge in [0.05, 0.1) is 6.61 Å². The molecule has 0 saturated carbocycles. The van der Waals surface area contributed by atoms with Crippen LogP contribution >= 0.6 is 24.0 Å². The number of piperidine rings is 1. The van der Waals surface area contributed by atoms with Gasteiger partial charge in [-0.15, -0.1) is 12.4 Å². The Morgan fingerprint density at radius 2 is 1.91 bits per heavy atom. The third kappa shape index (κ3) is 4.10. The molecule has 23 heavy (non-hydrogen) atoms. The number of rotatable bonds is 3. The summed E-state index contributed by atoms with van der Waals surface area (Å²) < 4.78 is 11.5. The van der Waals surface area contributed by atoms with Crippen LogP contribution in [-0.2, 0) is 9.53 Å². The van der Waals surface area contributed by atoms with Crippen molar-refractivity contribution in [1.82, 2.24) is 9.80 Å². The average molecular weight is 361 g/mol. The first-order valence-corrected chi connectivity index (χ1v) is 7.98. The van der Waals surface area contributed by atoms with E-state index in [2.05, 4.69) is 11.9 Å². The number of carbonyl (C=O) groups is 1. The SMILES string of the molecule is CN1CCC2(CC1)OCCN2C(=O)COc1ccc(Cl)cc1.Cl. The number of carbonyl (C=O) groups excluding carboxylic acids is 1. The molecule has 0 aliphatic carbocycles. The summed E-state index contributed by atoms with van der Waals surface area (Å²) in [6, 6.07) is 7.03. The van der Waals surface area contributed by atoms with Gasteiger partial charge in [-0.05, 0) is 31.3 Å². The summed E-state index contributed by atoms with van der Waals surface area (Å²) in [5.41, 5.74) is -0.424. The predicted octanol–water partition coefficient (Wildman–Crippen LogP) is 2.42. The molecule has 0 N–H and O–H groups in total. The molecule has 1 amide bonds.